The minimum atomic E-state index is -0.783. The molecule has 15 heavy (non-hydrogen) atoms. The van der Waals surface area contributed by atoms with Gasteiger partial charge in [0, 0.05) is 18.5 Å². The van der Waals surface area contributed by atoms with Crippen LogP contribution < -0.4 is 5.32 Å². The van der Waals surface area contributed by atoms with Gasteiger partial charge in [0.1, 0.15) is 16.7 Å². The molecule has 0 radical (unpaired) electrons. The molecule has 0 fully saturated rings. The van der Waals surface area contributed by atoms with Gasteiger partial charge in [0.2, 0.25) is 0 Å². The quantitative estimate of drug-likeness (QED) is 0.467. The molecule has 0 bridgehead atoms. The first-order chi connectivity index (χ1) is 7.15. The second kappa shape index (κ2) is 5.69. The molecular weight excluding hydrogens is 220 g/mol. The lowest BCUT2D eigenvalue weighted by molar-refractivity contribution is 0.583. The standard InChI is InChI=1S/C11H10ClF2N/c1-15-5-3-2-4-8-6-9(13)11(12)10(14)7-8/h6-7,15H,3,5H2,1H3. The Kier molecular flexibility index (Phi) is 4.54. The summed E-state index contributed by atoms with van der Waals surface area (Å²) in [6, 6.07) is 2.25. The lowest BCUT2D eigenvalue weighted by atomic mass is 10.2. The van der Waals surface area contributed by atoms with Crippen molar-refractivity contribution in [3.05, 3.63) is 34.4 Å². The molecule has 0 aromatic heterocycles. The normalized spacial score (nSPS) is 9.60. The second-order valence-corrected chi connectivity index (χ2v) is 3.29. The van der Waals surface area contributed by atoms with Crippen LogP contribution in [0.2, 0.25) is 5.02 Å². The Morgan fingerprint density at radius 1 is 1.33 bits per heavy atom. The molecule has 0 heterocycles. The van der Waals surface area contributed by atoms with E-state index in [1.807, 2.05) is 7.05 Å². The van der Waals surface area contributed by atoms with E-state index in [4.69, 9.17) is 11.6 Å². The van der Waals surface area contributed by atoms with Crippen LogP contribution in [0.1, 0.15) is 12.0 Å². The average Bonchev–Trinajstić information content (AvgIpc) is 2.21. The van der Waals surface area contributed by atoms with Crippen LogP contribution in [0.15, 0.2) is 12.1 Å². The summed E-state index contributed by atoms with van der Waals surface area (Å²) in [5, 5.41) is 2.42. The minimum absolute atomic E-state index is 0.297. The van der Waals surface area contributed by atoms with Gasteiger partial charge in [-0.25, -0.2) is 8.78 Å². The Labute approximate surface area is 92.4 Å². The van der Waals surface area contributed by atoms with E-state index < -0.39 is 16.7 Å². The Morgan fingerprint density at radius 2 is 1.93 bits per heavy atom. The molecule has 0 amide bonds. The van der Waals surface area contributed by atoms with Crippen molar-refractivity contribution < 1.29 is 8.78 Å². The maximum atomic E-state index is 13.0. The number of hydrogen-bond acceptors (Lipinski definition) is 1. The summed E-state index contributed by atoms with van der Waals surface area (Å²) in [5.41, 5.74) is 0.297. The molecule has 1 nitrogen and oxygen atoms in total. The molecule has 0 atom stereocenters. The fraction of sp³-hybridized carbons (Fsp3) is 0.273. The van der Waals surface area contributed by atoms with Crippen molar-refractivity contribution >= 4 is 11.6 Å². The first-order valence-corrected chi connectivity index (χ1v) is 4.81. The Morgan fingerprint density at radius 3 is 2.47 bits per heavy atom. The number of halogens is 3. The van der Waals surface area contributed by atoms with Crippen LogP contribution >= 0.6 is 11.6 Å². The van der Waals surface area contributed by atoms with Gasteiger partial charge in [0.05, 0.1) is 0 Å². The summed E-state index contributed by atoms with van der Waals surface area (Å²) in [7, 11) is 1.81. The Balaban J connectivity index is 2.81. The maximum Gasteiger partial charge on any atom is 0.146 e. The largest absolute Gasteiger partial charge is 0.319 e. The van der Waals surface area contributed by atoms with Crippen molar-refractivity contribution in [3.63, 3.8) is 0 Å². The van der Waals surface area contributed by atoms with E-state index >= 15 is 0 Å². The Hall–Kier alpha value is -1.11. The monoisotopic (exact) mass is 229 g/mol. The fourth-order valence-corrected chi connectivity index (χ4v) is 1.09. The van der Waals surface area contributed by atoms with Crippen molar-refractivity contribution in [2.45, 2.75) is 6.42 Å². The van der Waals surface area contributed by atoms with Crippen LogP contribution in [0.25, 0.3) is 0 Å². The van der Waals surface area contributed by atoms with Crippen LogP contribution in [-0.4, -0.2) is 13.6 Å². The third-order valence-corrected chi connectivity index (χ3v) is 2.08. The van der Waals surface area contributed by atoms with E-state index in [0.29, 0.717) is 12.0 Å². The van der Waals surface area contributed by atoms with E-state index in [1.165, 1.54) is 0 Å². The minimum Gasteiger partial charge on any atom is -0.319 e. The summed E-state index contributed by atoms with van der Waals surface area (Å²) in [5.74, 6) is 3.88. The van der Waals surface area contributed by atoms with Gasteiger partial charge in [0.15, 0.2) is 0 Å². The summed E-state index contributed by atoms with van der Waals surface area (Å²) in [4.78, 5) is 0. The molecule has 0 aliphatic carbocycles. The van der Waals surface area contributed by atoms with Crippen LogP contribution in [0, 0.1) is 23.5 Å². The van der Waals surface area contributed by atoms with E-state index in [9.17, 15) is 8.78 Å². The molecule has 0 saturated carbocycles. The molecule has 1 aromatic rings. The van der Waals surface area contributed by atoms with Crippen LogP contribution in [0.3, 0.4) is 0 Å². The molecule has 80 valence electrons. The van der Waals surface area contributed by atoms with Crippen LogP contribution in [-0.2, 0) is 0 Å². The first-order valence-electron chi connectivity index (χ1n) is 4.43. The average molecular weight is 230 g/mol. The topological polar surface area (TPSA) is 12.0 Å². The molecule has 1 aromatic carbocycles. The number of hydrogen-bond donors (Lipinski definition) is 1. The van der Waals surface area contributed by atoms with Crippen molar-refractivity contribution in [3.8, 4) is 11.8 Å². The van der Waals surface area contributed by atoms with Gasteiger partial charge in [-0.15, -0.1) is 0 Å². The van der Waals surface area contributed by atoms with Gasteiger partial charge in [-0.1, -0.05) is 23.4 Å². The zero-order valence-electron chi connectivity index (χ0n) is 8.20. The number of nitrogens with one attached hydrogen (secondary N) is 1. The highest BCUT2D eigenvalue weighted by atomic mass is 35.5. The van der Waals surface area contributed by atoms with Crippen LogP contribution in [0.5, 0.6) is 0 Å². The lowest BCUT2D eigenvalue weighted by Gasteiger charge is -1.97. The zero-order valence-corrected chi connectivity index (χ0v) is 8.96. The molecule has 4 heteroatoms. The highest BCUT2D eigenvalue weighted by Crippen LogP contribution is 2.19. The SMILES string of the molecule is CNCCC#Cc1cc(F)c(Cl)c(F)c1. The smallest absolute Gasteiger partial charge is 0.146 e. The molecular formula is C11H10ClF2N. The maximum absolute atomic E-state index is 13.0. The fourth-order valence-electron chi connectivity index (χ4n) is 0.980. The Bertz CT molecular complexity index is 384. The van der Waals surface area contributed by atoms with Crippen molar-refractivity contribution in [1.29, 1.82) is 0 Å². The summed E-state index contributed by atoms with van der Waals surface area (Å²) in [6.07, 6.45) is 0.627. The first kappa shape index (κ1) is 12.0. The third kappa shape index (κ3) is 3.50. The van der Waals surface area contributed by atoms with Gasteiger partial charge in [-0.3, -0.25) is 0 Å². The van der Waals surface area contributed by atoms with Crippen molar-refractivity contribution in [1.82, 2.24) is 5.32 Å². The highest BCUT2D eigenvalue weighted by molar-refractivity contribution is 6.30. The second-order valence-electron chi connectivity index (χ2n) is 2.91. The van der Waals surface area contributed by atoms with E-state index in [2.05, 4.69) is 17.2 Å². The molecule has 0 aliphatic rings. The van der Waals surface area contributed by atoms with Crippen molar-refractivity contribution in [2.24, 2.45) is 0 Å². The van der Waals surface area contributed by atoms with Gasteiger partial charge in [-0.2, -0.15) is 0 Å². The zero-order chi connectivity index (χ0) is 11.3. The molecule has 0 spiro atoms. The summed E-state index contributed by atoms with van der Waals surface area (Å²) in [6.45, 7) is 0.742. The summed E-state index contributed by atoms with van der Waals surface area (Å²) < 4.78 is 25.9. The highest BCUT2D eigenvalue weighted by Gasteiger charge is 2.06. The van der Waals surface area contributed by atoms with Gasteiger partial charge < -0.3 is 5.32 Å². The predicted molar refractivity (Wildman–Crippen MR) is 56.8 cm³/mol. The lowest BCUT2D eigenvalue weighted by Crippen LogP contribution is -2.05. The molecule has 0 aliphatic heterocycles. The molecule has 0 unspecified atom stereocenters. The summed E-state index contributed by atoms with van der Waals surface area (Å²) >= 11 is 5.33. The molecule has 0 saturated heterocycles. The van der Waals surface area contributed by atoms with Gasteiger partial charge in [0.25, 0.3) is 0 Å². The predicted octanol–water partition coefficient (Wildman–Crippen LogP) is 2.58. The van der Waals surface area contributed by atoms with E-state index in [-0.39, 0.29) is 0 Å². The number of rotatable bonds is 2. The number of benzene rings is 1. The van der Waals surface area contributed by atoms with Crippen LogP contribution in [0.4, 0.5) is 8.78 Å². The van der Waals surface area contributed by atoms with Crippen molar-refractivity contribution in [2.75, 3.05) is 13.6 Å². The molecule has 1 N–H and O–H groups in total. The third-order valence-electron chi connectivity index (χ3n) is 1.72. The van der Waals surface area contributed by atoms with Gasteiger partial charge in [-0.05, 0) is 19.2 Å². The molecule has 1 rings (SSSR count). The van der Waals surface area contributed by atoms with Gasteiger partial charge >= 0.3 is 0 Å². The van der Waals surface area contributed by atoms with E-state index in [0.717, 1.165) is 18.7 Å². The van der Waals surface area contributed by atoms with E-state index in [1.54, 1.807) is 0 Å².